The van der Waals surface area contributed by atoms with Gasteiger partial charge in [-0.15, -0.1) is 0 Å². The summed E-state index contributed by atoms with van der Waals surface area (Å²) in [6.07, 6.45) is 0. The van der Waals surface area contributed by atoms with Gasteiger partial charge in [0.05, 0.1) is 0 Å². The molecule has 1 nitrogen and oxygen atoms in total. The Morgan fingerprint density at radius 1 is 0.218 bits per heavy atom. The SMILES string of the molecule is c1ccc(-c2cc(-c3ccc(N(c4ccccc4)c4ccc(-c5cccc6ccccc56)cc4)cc3)ccc2-c2cc3ccccc3c3ccccc23)cc1. The molecular weight excluding hydrogens is 663 g/mol. The molecule has 258 valence electrons. The fourth-order valence-corrected chi connectivity index (χ4v) is 8.19. The zero-order valence-corrected chi connectivity index (χ0v) is 30.3. The Morgan fingerprint density at radius 2 is 0.727 bits per heavy atom. The molecule has 0 spiro atoms. The Labute approximate surface area is 322 Å². The van der Waals surface area contributed by atoms with Crippen LogP contribution < -0.4 is 4.90 Å². The maximum absolute atomic E-state index is 2.37. The first-order valence-corrected chi connectivity index (χ1v) is 18.9. The molecule has 0 aliphatic carbocycles. The fourth-order valence-electron chi connectivity index (χ4n) is 8.19. The molecule has 0 radical (unpaired) electrons. The average Bonchev–Trinajstić information content (AvgIpc) is 3.27. The topological polar surface area (TPSA) is 3.24 Å². The third-order valence-corrected chi connectivity index (χ3v) is 10.9. The zero-order valence-electron chi connectivity index (χ0n) is 30.3. The predicted molar refractivity (Wildman–Crippen MR) is 235 cm³/mol. The van der Waals surface area contributed by atoms with Crippen molar-refractivity contribution in [2.75, 3.05) is 4.90 Å². The van der Waals surface area contributed by atoms with Crippen LogP contribution in [0.5, 0.6) is 0 Å². The van der Waals surface area contributed by atoms with Crippen LogP contribution in [0.4, 0.5) is 17.1 Å². The molecule has 0 saturated heterocycles. The number of nitrogens with zero attached hydrogens (tertiary/aromatic N) is 1. The Balaban J connectivity index is 1.04. The van der Waals surface area contributed by atoms with E-state index in [0.29, 0.717) is 0 Å². The highest BCUT2D eigenvalue weighted by molar-refractivity contribution is 6.15. The van der Waals surface area contributed by atoms with Crippen molar-refractivity contribution in [1.29, 1.82) is 0 Å². The lowest BCUT2D eigenvalue weighted by atomic mass is 9.87. The standard InChI is InChI=1S/C54H37N/c1-3-14-40(15-4-1)53-36-42(30-35-52(53)54-37-43-17-8-10-22-49(43)50-23-11-12-24-51(50)54)38-26-31-45(32-27-38)55(44-19-5-2-6-20-44)46-33-28-41(29-34-46)48-25-13-18-39-16-7-9-21-47(39)48/h1-37H. The van der Waals surface area contributed by atoms with Crippen LogP contribution in [-0.4, -0.2) is 0 Å². The van der Waals surface area contributed by atoms with Crippen LogP contribution in [-0.2, 0) is 0 Å². The van der Waals surface area contributed by atoms with E-state index in [9.17, 15) is 0 Å². The van der Waals surface area contributed by atoms with E-state index in [2.05, 4.69) is 229 Å². The Kier molecular flexibility index (Phi) is 8.24. The van der Waals surface area contributed by atoms with Crippen molar-refractivity contribution in [2.45, 2.75) is 0 Å². The summed E-state index contributed by atoms with van der Waals surface area (Å²) in [6, 6.07) is 81.3. The van der Waals surface area contributed by atoms with Crippen molar-refractivity contribution in [3.05, 3.63) is 224 Å². The predicted octanol–water partition coefficient (Wildman–Crippen LogP) is 15.3. The molecule has 10 aromatic carbocycles. The van der Waals surface area contributed by atoms with Gasteiger partial charge in [-0.2, -0.15) is 0 Å². The van der Waals surface area contributed by atoms with Crippen LogP contribution in [0.15, 0.2) is 224 Å². The lowest BCUT2D eigenvalue weighted by Gasteiger charge is -2.26. The van der Waals surface area contributed by atoms with E-state index >= 15 is 0 Å². The second kappa shape index (κ2) is 14.0. The van der Waals surface area contributed by atoms with Gasteiger partial charge < -0.3 is 4.90 Å². The molecule has 0 aliphatic heterocycles. The fraction of sp³-hybridized carbons (Fsp3) is 0. The summed E-state index contributed by atoms with van der Waals surface area (Å²) in [5.74, 6) is 0. The molecule has 0 N–H and O–H groups in total. The quantitative estimate of drug-likeness (QED) is 0.150. The summed E-state index contributed by atoms with van der Waals surface area (Å²) in [5.41, 5.74) is 13.1. The molecule has 0 unspecified atom stereocenters. The van der Waals surface area contributed by atoms with Crippen LogP contribution in [0.3, 0.4) is 0 Å². The second-order valence-corrected chi connectivity index (χ2v) is 14.1. The number of hydrogen-bond acceptors (Lipinski definition) is 1. The number of rotatable bonds is 7. The van der Waals surface area contributed by atoms with Gasteiger partial charge in [-0.05, 0) is 125 Å². The van der Waals surface area contributed by atoms with Gasteiger partial charge in [0.25, 0.3) is 0 Å². The minimum atomic E-state index is 1.11. The van der Waals surface area contributed by atoms with Crippen LogP contribution >= 0.6 is 0 Å². The Hall–Kier alpha value is -7.22. The van der Waals surface area contributed by atoms with E-state index in [1.54, 1.807) is 0 Å². The van der Waals surface area contributed by atoms with Gasteiger partial charge in [-0.1, -0.05) is 176 Å². The van der Waals surface area contributed by atoms with E-state index < -0.39 is 0 Å². The average molecular weight is 700 g/mol. The van der Waals surface area contributed by atoms with E-state index in [-0.39, 0.29) is 0 Å². The summed E-state index contributed by atoms with van der Waals surface area (Å²) < 4.78 is 0. The van der Waals surface area contributed by atoms with Gasteiger partial charge in [0.1, 0.15) is 0 Å². The maximum Gasteiger partial charge on any atom is 0.0462 e. The zero-order chi connectivity index (χ0) is 36.6. The monoisotopic (exact) mass is 699 g/mol. The normalized spacial score (nSPS) is 11.3. The highest BCUT2D eigenvalue weighted by atomic mass is 15.1. The molecule has 10 rings (SSSR count). The van der Waals surface area contributed by atoms with Crippen molar-refractivity contribution in [3.8, 4) is 44.5 Å². The number of fused-ring (bicyclic) bond motifs is 4. The van der Waals surface area contributed by atoms with Crippen LogP contribution in [0.2, 0.25) is 0 Å². The van der Waals surface area contributed by atoms with Crippen molar-refractivity contribution in [1.82, 2.24) is 0 Å². The lowest BCUT2D eigenvalue weighted by molar-refractivity contribution is 1.28. The molecule has 0 heterocycles. The minimum Gasteiger partial charge on any atom is -0.311 e. The number of benzene rings is 10. The van der Waals surface area contributed by atoms with Crippen molar-refractivity contribution >= 4 is 49.4 Å². The summed E-state index contributed by atoms with van der Waals surface area (Å²) in [6.45, 7) is 0. The molecule has 0 aromatic heterocycles. The van der Waals surface area contributed by atoms with Crippen molar-refractivity contribution in [3.63, 3.8) is 0 Å². The molecular formula is C54H37N. The molecule has 55 heavy (non-hydrogen) atoms. The van der Waals surface area contributed by atoms with Gasteiger partial charge in [0, 0.05) is 17.1 Å². The highest BCUT2D eigenvalue weighted by Gasteiger charge is 2.16. The molecule has 0 atom stereocenters. The number of para-hydroxylation sites is 1. The molecule has 0 fully saturated rings. The summed E-state index contributed by atoms with van der Waals surface area (Å²) in [5, 5.41) is 7.60. The molecule has 0 saturated carbocycles. The Morgan fingerprint density at radius 3 is 1.45 bits per heavy atom. The molecule has 0 aliphatic rings. The van der Waals surface area contributed by atoms with Gasteiger partial charge in [-0.25, -0.2) is 0 Å². The largest absolute Gasteiger partial charge is 0.311 e. The lowest BCUT2D eigenvalue weighted by Crippen LogP contribution is -2.09. The van der Waals surface area contributed by atoms with Crippen molar-refractivity contribution < 1.29 is 0 Å². The maximum atomic E-state index is 2.37. The molecule has 1 heteroatoms. The third kappa shape index (κ3) is 6.02. The third-order valence-electron chi connectivity index (χ3n) is 10.9. The van der Waals surface area contributed by atoms with E-state index in [4.69, 9.17) is 0 Å². The highest BCUT2D eigenvalue weighted by Crippen LogP contribution is 2.42. The molecule has 0 amide bonds. The Bertz CT molecular complexity index is 2940. The van der Waals surface area contributed by atoms with E-state index in [1.165, 1.54) is 76.8 Å². The first-order chi connectivity index (χ1) is 27.3. The minimum absolute atomic E-state index is 1.11. The van der Waals surface area contributed by atoms with Gasteiger partial charge in [0.2, 0.25) is 0 Å². The van der Waals surface area contributed by atoms with Crippen LogP contribution in [0.1, 0.15) is 0 Å². The van der Waals surface area contributed by atoms with Crippen LogP contribution in [0.25, 0.3) is 76.8 Å². The summed E-state index contributed by atoms with van der Waals surface area (Å²) in [7, 11) is 0. The number of hydrogen-bond donors (Lipinski definition) is 0. The van der Waals surface area contributed by atoms with Crippen molar-refractivity contribution in [2.24, 2.45) is 0 Å². The summed E-state index contributed by atoms with van der Waals surface area (Å²) >= 11 is 0. The molecule has 10 aromatic rings. The molecule has 0 bridgehead atoms. The van der Waals surface area contributed by atoms with Gasteiger partial charge in [0.15, 0.2) is 0 Å². The second-order valence-electron chi connectivity index (χ2n) is 14.1. The first kappa shape index (κ1) is 32.4. The van der Waals surface area contributed by atoms with E-state index in [0.717, 1.165) is 17.1 Å². The van der Waals surface area contributed by atoms with E-state index in [1.807, 2.05) is 0 Å². The van der Waals surface area contributed by atoms with Gasteiger partial charge >= 0.3 is 0 Å². The van der Waals surface area contributed by atoms with Crippen LogP contribution in [0, 0.1) is 0 Å². The number of anilines is 3. The summed E-state index contributed by atoms with van der Waals surface area (Å²) in [4.78, 5) is 2.33. The first-order valence-electron chi connectivity index (χ1n) is 18.9. The smallest absolute Gasteiger partial charge is 0.0462 e. The van der Waals surface area contributed by atoms with Gasteiger partial charge in [-0.3, -0.25) is 0 Å².